The number of hydrogen-bond donors (Lipinski definition) is 3. The van der Waals surface area contributed by atoms with Crippen LogP contribution in [0.5, 0.6) is 0 Å². The highest BCUT2D eigenvalue weighted by atomic mass is 35.5. The van der Waals surface area contributed by atoms with Crippen molar-refractivity contribution in [2.75, 3.05) is 19.4 Å². The van der Waals surface area contributed by atoms with Crippen LogP contribution in [0.3, 0.4) is 0 Å². The van der Waals surface area contributed by atoms with Gasteiger partial charge in [0, 0.05) is 24.8 Å². The summed E-state index contributed by atoms with van der Waals surface area (Å²) in [4.78, 5) is 10.5. The number of benzene rings is 1. The average molecular weight is 301 g/mol. The zero-order valence-corrected chi connectivity index (χ0v) is 11.9. The number of nitrogens with zero attached hydrogens (tertiary/aromatic N) is 1. The number of halogens is 1. The van der Waals surface area contributed by atoms with Crippen molar-refractivity contribution in [2.24, 2.45) is 0 Å². The Hall–Kier alpha value is -1.86. The minimum Gasteiger partial charge on any atom is -0.369 e. The minimum atomic E-state index is -0.548. The molecule has 6 nitrogen and oxygen atoms in total. The van der Waals surface area contributed by atoms with E-state index in [1.165, 1.54) is 0 Å². The molecule has 0 aliphatic heterocycles. The van der Waals surface area contributed by atoms with E-state index >= 15 is 0 Å². The van der Waals surface area contributed by atoms with Crippen LogP contribution in [0.25, 0.3) is 0 Å². The van der Waals surface area contributed by atoms with Crippen LogP contribution in [0.4, 0.5) is 5.69 Å². The molecule has 0 aromatic heterocycles. The molecule has 102 valence electrons. The molecule has 0 bridgehead atoms. The van der Waals surface area contributed by atoms with Crippen LogP contribution in [-0.2, 0) is 0 Å². The lowest BCUT2D eigenvalue weighted by Gasteiger charge is -2.10. The van der Waals surface area contributed by atoms with Gasteiger partial charge in [0.25, 0.3) is 0 Å². The fourth-order valence-electron chi connectivity index (χ4n) is 1.37. The molecule has 3 N–H and O–H groups in total. The highest BCUT2D eigenvalue weighted by molar-refractivity contribution is 7.81. The largest absolute Gasteiger partial charge is 0.369 e. The molecule has 0 amide bonds. The normalized spacial score (nSPS) is 9.42. The molecule has 0 saturated carbocycles. The number of hydrogen-bond acceptors (Lipinski definition) is 5. The first-order valence-corrected chi connectivity index (χ1v) is 6.09. The minimum absolute atomic E-state index is 0.00558. The van der Waals surface area contributed by atoms with E-state index in [1.54, 1.807) is 38.4 Å². The number of nitrogens with one attached hydrogen (secondary N) is 3. The van der Waals surface area contributed by atoms with E-state index in [0.717, 1.165) is 0 Å². The Kier molecular flexibility index (Phi) is 5.53. The number of rotatable bonds is 5. The van der Waals surface area contributed by atoms with Crippen molar-refractivity contribution < 1.29 is 4.92 Å². The van der Waals surface area contributed by atoms with Gasteiger partial charge in [0.15, 0.2) is 10.8 Å². The number of nitro groups is 1. The van der Waals surface area contributed by atoms with Gasteiger partial charge in [-0.15, -0.1) is 0 Å². The number of thiocarbonyl (C=S) groups is 1. The lowest BCUT2D eigenvalue weighted by Crippen LogP contribution is -2.30. The molecule has 0 unspecified atom stereocenters. The van der Waals surface area contributed by atoms with Crippen molar-refractivity contribution in [3.63, 3.8) is 0 Å². The summed E-state index contributed by atoms with van der Waals surface area (Å²) in [6.45, 7) is 0. The fourth-order valence-corrected chi connectivity index (χ4v) is 1.79. The van der Waals surface area contributed by atoms with E-state index < -0.39 is 4.92 Å². The van der Waals surface area contributed by atoms with Crippen molar-refractivity contribution in [3.05, 3.63) is 50.9 Å². The van der Waals surface area contributed by atoms with Crippen LogP contribution >= 0.6 is 23.8 Å². The van der Waals surface area contributed by atoms with Gasteiger partial charge in [0.1, 0.15) is 0 Å². The maximum absolute atomic E-state index is 11.1. The maximum Gasteiger partial charge on any atom is 0.343 e. The molecule has 0 aliphatic rings. The standard InChI is InChI=1S/C11H13ClN4O2S/c1-13-10(14-2)9(16(17)18)11(19)15-8-5-3-7(12)4-6-8/h3-6,13-14H,1-2H3,(H,15,19). The highest BCUT2D eigenvalue weighted by Crippen LogP contribution is 2.15. The Balaban J connectivity index is 2.99. The summed E-state index contributed by atoms with van der Waals surface area (Å²) in [6, 6.07) is 6.70. The molecule has 1 aromatic rings. The molecule has 0 aliphatic carbocycles. The molecule has 0 radical (unpaired) electrons. The fraction of sp³-hybridized carbons (Fsp3) is 0.182. The van der Waals surface area contributed by atoms with Crippen LogP contribution in [0.1, 0.15) is 0 Å². The van der Waals surface area contributed by atoms with Crippen molar-refractivity contribution >= 4 is 34.5 Å². The van der Waals surface area contributed by atoms with E-state index in [-0.39, 0.29) is 16.5 Å². The van der Waals surface area contributed by atoms with Gasteiger partial charge in [-0.3, -0.25) is 10.1 Å². The first-order valence-electron chi connectivity index (χ1n) is 5.30. The summed E-state index contributed by atoms with van der Waals surface area (Å²) in [5.41, 5.74) is 0.398. The predicted molar refractivity (Wildman–Crippen MR) is 79.8 cm³/mol. The Bertz CT molecular complexity index is 510. The Morgan fingerprint density at radius 2 is 1.79 bits per heavy atom. The first kappa shape index (κ1) is 15.2. The quantitative estimate of drug-likeness (QED) is 0.334. The van der Waals surface area contributed by atoms with E-state index in [4.69, 9.17) is 23.8 Å². The maximum atomic E-state index is 11.1. The molecule has 1 rings (SSSR count). The first-order chi connectivity index (χ1) is 8.99. The Morgan fingerprint density at radius 1 is 1.26 bits per heavy atom. The molecule has 19 heavy (non-hydrogen) atoms. The van der Waals surface area contributed by atoms with Crippen molar-refractivity contribution in [1.29, 1.82) is 0 Å². The van der Waals surface area contributed by atoms with Gasteiger partial charge in [0.2, 0.25) is 0 Å². The van der Waals surface area contributed by atoms with Crippen LogP contribution in [-0.4, -0.2) is 24.0 Å². The molecule has 1 aromatic carbocycles. The molecule has 0 fully saturated rings. The third-order valence-electron chi connectivity index (χ3n) is 2.24. The smallest absolute Gasteiger partial charge is 0.343 e. The topological polar surface area (TPSA) is 79.2 Å². The average Bonchev–Trinajstić information content (AvgIpc) is 2.37. The van der Waals surface area contributed by atoms with Gasteiger partial charge in [-0.1, -0.05) is 23.8 Å². The van der Waals surface area contributed by atoms with E-state index in [1.807, 2.05) is 0 Å². The second-order valence-corrected chi connectivity index (χ2v) is 4.29. The van der Waals surface area contributed by atoms with Crippen molar-refractivity contribution in [1.82, 2.24) is 10.6 Å². The van der Waals surface area contributed by atoms with Crippen LogP contribution < -0.4 is 16.0 Å². The van der Waals surface area contributed by atoms with Gasteiger partial charge in [-0.2, -0.15) is 0 Å². The molecular weight excluding hydrogens is 288 g/mol. The molecule has 8 heteroatoms. The van der Waals surface area contributed by atoms with Crippen LogP contribution in [0.2, 0.25) is 5.02 Å². The second-order valence-electron chi connectivity index (χ2n) is 3.44. The molecule has 0 saturated heterocycles. The summed E-state index contributed by atoms with van der Waals surface area (Å²) >= 11 is 10.8. The molecule has 0 heterocycles. The van der Waals surface area contributed by atoms with E-state index in [2.05, 4.69) is 16.0 Å². The Labute approximate surface area is 121 Å². The lowest BCUT2D eigenvalue weighted by atomic mass is 10.3. The monoisotopic (exact) mass is 300 g/mol. The summed E-state index contributed by atoms with van der Waals surface area (Å²) in [5, 5.41) is 19.8. The second kappa shape index (κ2) is 6.91. The Morgan fingerprint density at radius 3 is 2.21 bits per heavy atom. The summed E-state index contributed by atoms with van der Waals surface area (Å²) < 4.78 is 0. The zero-order chi connectivity index (χ0) is 14.4. The number of anilines is 1. The molecule has 0 atom stereocenters. The van der Waals surface area contributed by atoms with Crippen LogP contribution in [0.15, 0.2) is 35.8 Å². The third kappa shape index (κ3) is 4.08. The predicted octanol–water partition coefficient (Wildman–Crippen LogP) is 1.96. The zero-order valence-electron chi connectivity index (χ0n) is 10.4. The summed E-state index contributed by atoms with van der Waals surface area (Å²) in [6.07, 6.45) is 0. The summed E-state index contributed by atoms with van der Waals surface area (Å²) in [5.74, 6) is 0.233. The van der Waals surface area contributed by atoms with E-state index in [9.17, 15) is 10.1 Å². The lowest BCUT2D eigenvalue weighted by molar-refractivity contribution is -0.416. The van der Waals surface area contributed by atoms with Gasteiger partial charge in [0.05, 0.1) is 4.92 Å². The van der Waals surface area contributed by atoms with Gasteiger partial charge in [-0.05, 0) is 24.3 Å². The van der Waals surface area contributed by atoms with Crippen molar-refractivity contribution in [2.45, 2.75) is 0 Å². The van der Waals surface area contributed by atoms with Gasteiger partial charge < -0.3 is 16.0 Å². The van der Waals surface area contributed by atoms with Crippen molar-refractivity contribution in [3.8, 4) is 0 Å². The van der Waals surface area contributed by atoms with Gasteiger partial charge in [-0.25, -0.2) is 0 Å². The van der Waals surface area contributed by atoms with E-state index in [0.29, 0.717) is 10.7 Å². The van der Waals surface area contributed by atoms with Crippen LogP contribution in [0, 0.1) is 10.1 Å². The molecular formula is C11H13ClN4O2S. The molecule has 0 spiro atoms. The van der Waals surface area contributed by atoms with Gasteiger partial charge >= 0.3 is 5.70 Å². The highest BCUT2D eigenvalue weighted by Gasteiger charge is 2.23. The summed E-state index contributed by atoms with van der Waals surface area (Å²) in [7, 11) is 3.14. The third-order valence-corrected chi connectivity index (χ3v) is 2.78. The SMILES string of the molecule is CNC(NC)=C(C(=S)Nc1ccc(Cl)cc1)[N+](=O)[O-].